The summed E-state index contributed by atoms with van der Waals surface area (Å²) in [6.45, 7) is 5.96. The number of halogens is 1. The quantitative estimate of drug-likeness (QED) is 0.786. The van der Waals surface area contributed by atoms with Crippen molar-refractivity contribution >= 4 is 21.8 Å². The van der Waals surface area contributed by atoms with Crippen molar-refractivity contribution in [2.75, 3.05) is 6.54 Å². The number of nitrogens with zero attached hydrogens (tertiary/aromatic N) is 2. The Morgan fingerprint density at radius 3 is 2.78 bits per heavy atom. The number of hydrogen-bond donors (Lipinski definition) is 0. The van der Waals surface area contributed by atoms with Crippen LogP contribution in [0, 0.1) is 0 Å². The normalized spacial score (nSPS) is 14.8. The zero-order chi connectivity index (χ0) is 13.1. The van der Waals surface area contributed by atoms with Gasteiger partial charge in [0.15, 0.2) is 0 Å². The Morgan fingerprint density at radius 1 is 1.50 bits per heavy atom. The van der Waals surface area contributed by atoms with Crippen molar-refractivity contribution in [1.29, 1.82) is 0 Å². The molecule has 4 heteroatoms. The third-order valence-corrected chi connectivity index (χ3v) is 3.86. The fourth-order valence-corrected chi connectivity index (χ4v) is 2.69. The fourth-order valence-electron chi connectivity index (χ4n) is 2.23. The number of carbonyl (C=O) groups excluding carboxylic acids is 1. The van der Waals surface area contributed by atoms with Gasteiger partial charge in [-0.05, 0) is 48.2 Å². The minimum atomic E-state index is 0.193. The van der Waals surface area contributed by atoms with Crippen LogP contribution in [0.15, 0.2) is 16.7 Å². The molecule has 1 aliphatic rings. The highest BCUT2D eigenvalue weighted by Crippen LogP contribution is 2.29. The molecule has 0 N–H and O–H groups in total. The number of aryl methyl sites for hydroxylation is 1. The first-order valence-corrected chi connectivity index (χ1v) is 7.63. The molecule has 3 nitrogen and oxygen atoms in total. The Labute approximate surface area is 117 Å². The highest BCUT2D eigenvalue weighted by atomic mass is 79.9. The molecular weight excluding hydrogens is 292 g/mol. The van der Waals surface area contributed by atoms with Crippen LogP contribution in [-0.4, -0.2) is 28.0 Å². The lowest BCUT2D eigenvalue weighted by Crippen LogP contribution is -2.35. The van der Waals surface area contributed by atoms with Gasteiger partial charge in [-0.1, -0.05) is 13.3 Å². The highest BCUT2D eigenvalue weighted by molar-refractivity contribution is 9.10. The van der Waals surface area contributed by atoms with Gasteiger partial charge in [-0.15, -0.1) is 0 Å². The third kappa shape index (κ3) is 2.97. The van der Waals surface area contributed by atoms with E-state index >= 15 is 0 Å². The van der Waals surface area contributed by atoms with Gasteiger partial charge < -0.3 is 9.47 Å². The SMILES string of the molecule is CCCCN(C(=O)c1cc(Br)cn1CC)C1CC1. The minimum absolute atomic E-state index is 0.193. The molecule has 0 aliphatic heterocycles. The lowest BCUT2D eigenvalue weighted by molar-refractivity contribution is 0.0730. The lowest BCUT2D eigenvalue weighted by atomic mass is 10.2. The van der Waals surface area contributed by atoms with E-state index in [1.807, 2.05) is 16.8 Å². The van der Waals surface area contributed by atoms with Crippen LogP contribution < -0.4 is 0 Å². The molecule has 0 radical (unpaired) electrons. The van der Waals surface area contributed by atoms with Gasteiger partial charge in [0, 0.05) is 29.8 Å². The first-order chi connectivity index (χ1) is 8.67. The molecule has 1 fully saturated rings. The maximum Gasteiger partial charge on any atom is 0.270 e. The lowest BCUT2D eigenvalue weighted by Gasteiger charge is -2.22. The summed E-state index contributed by atoms with van der Waals surface area (Å²) in [7, 11) is 0. The number of aromatic nitrogens is 1. The summed E-state index contributed by atoms with van der Waals surface area (Å²) < 4.78 is 3.01. The maximum absolute atomic E-state index is 12.6. The van der Waals surface area contributed by atoms with E-state index in [9.17, 15) is 4.79 Å². The molecule has 18 heavy (non-hydrogen) atoms. The summed E-state index contributed by atoms with van der Waals surface area (Å²) in [5.74, 6) is 0.193. The second-order valence-corrected chi connectivity index (χ2v) is 5.83. The standard InChI is InChI=1S/C14H21BrN2O/c1-3-5-8-17(12-6-7-12)14(18)13-9-11(15)10-16(13)4-2/h9-10,12H,3-8H2,1-2H3. The molecule has 1 heterocycles. The van der Waals surface area contributed by atoms with Crippen molar-refractivity contribution in [2.45, 2.75) is 52.1 Å². The number of amides is 1. The minimum Gasteiger partial charge on any atom is -0.343 e. The van der Waals surface area contributed by atoms with Gasteiger partial charge >= 0.3 is 0 Å². The van der Waals surface area contributed by atoms with E-state index in [4.69, 9.17) is 0 Å². The first kappa shape index (κ1) is 13.7. The van der Waals surface area contributed by atoms with Gasteiger partial charge in [0.2, 0.25) is 0 Å². The van der Waals surface area contributed by atoms with Crippen molar-refractivity contribution in [3.8, 4) is 0 Å². The van der Waals surface area contributed by atoms with Crippen LogP contribution in [0.3, 0.4) is 0 Å². The molecule has 0 bridgehead atoms. The number of rotatable bonds is 6. The zero-order valence-corrected chi connectivity index (χ0v) is 12.7. The summed E-state index contributed by atoms with van der Waals surface area (Å²) in [6, 6.07) is 2.43. The number of unbranched alkanes of at least 4 members (excludes halogenated alkanes) is 1. The average Bonchev–Trinajstić information content (AvgIpc) is 3.12. The van der Waals surface area contributed by atoms with Crippen molar-refractivity contribution in [3.05, 3.63) is 22.4 Å². The summed E-state index contributed by atoms with van der Waals surface area (Å²) in [5, 5.41) is 0. The topological polar surface area (TPSA) is 25.2 Å². The van der Waals surface area contributed by atoms with Crippen LogP contribution in [0.25, 0.3) is 0 Å². The maximum atomic E-state index is 12.6. The summed E-state index contributed by atoms with van der Waals surface area (Å²) in [4.78, 5) is 14.7. The fraction of sp³-hybridized carbons (Fsp3) is 0.643. The van der Waals surface area contributed by atoms with Crippen LogP contribution >= 0.6 is 15.9 Å². The predicted octanol–water partition coefficient (Wildman–Crippen LogP) is 3.68. The van der Waals surface area contributed by atoms with Gasteiger partial charge in [-0.2, -0.15) is 0 Å². The van der Waals surface area contributed by atoms with Gasteiger partial charge in [0.25, 0.3) is 5.91 Å². The van der Waals surface area contributed by atoms with E-state index in [1.165, 1.54) is 12.8 Å². The number of hydrogen-bond acceptors (Lipinski definition) is 1. The molecule has 0 atom stereocenters. The van der Waals surface area contributed by atoms with E-state index in [0.29, 0.717) is 6.04 Å². The van der Waals surface area contributed by atoms with Crippen LogP contribution in [-0.2, 0) is 6.54 Å². The van der Waals surface area contributed by atoms with Crippen LogP contribution in [0.2, 0.25) is 0 Å². The molecule has 0 spiro atoms. The Hall–Kier alpha value is -0.770. The van der Waals surface area contributed by atoms with Crippen LogP contribution in [0.5, 0.6) is 0 Å². The van der Waals surface area contributed by atoms with Gasteiger partial charge in [0.05, 0.1) is 0 Å². The zero-order valence-electron chi connectivity index (χ0n) is 11.2. The summed E-state index contributed by atoms with van der Waals surface area (Å²) in [6.07, 6.45) is 6.55. The highest BCUT2D eigenvalue weighted by Gasteiger charge is 2.33. The monoisotopic (exact) mass is 312 g/mol. The predicted molar refractivity (Wildman–Crippen MR) is 76.8 cm³/mol. The average molecular weight is 313 g/mol. The van der Waals surface area contributed by atoms with E-state index in [-0.39, 0.29) is 5.91 Å². The van der Waals surface area contributed by atoms with E-state index in [2.05, 4.69) is 34.7 Å². The second-order valence-electron chi connectivity index (χ2n) is 4.91. The van der Waals surface area contributed by atoms with Gasteiger partial charge in [-0.25, -0.2) is 0 Å². The largest absolute Gasteiger partial charge is 0.343 e. The molecule has 1 aliphatic carbocycles. The van der Waals surface area contributed by atoms with E-state index in [1.54, 1.807) is 0 Å². The molecule has 0 saturated heterocycles. The Morgan fingerprint density at radius 2 is 2.22 bits per heavy atom. The molecule has 1 aromatic rings. The molecule has 2 rings (SSSR count). The Bertz CT molecular complexity index is 423. The number of carbonyl (C=O) groups is 1. The Kier molecular flexibility index (Phi) is 4.49. The van der Waals surface area contributed by atoms with Crippen LogP contribution in [0.4, 0.5) is 0 Å². The molecule has 1 aromatic heterocycles. The van der Waals surface area contributed by atoms with E-state index in [0.717, 1.165) is 36.1 Å². The molecule has 0 unspecified atom stereocenters. The van der Waals surface area contributed by atoms with Crippen molar-refractivity contribution in [3.63, 3.8) is 0 Å². The van der Waals surface area contributed by atoms with Gasteiger partial charge in [-0.3, -0.25) is 4.79 Å². The van der Waals surface area contributed by atoms with Gasteiger partial charge in [0.1, 0.15) is 5.69 Å². The third-order valence-electron chi connectivity index (χ3n) is 3.42. The summed E-state index contributed by atoms with van der Waals surface area (Å²) in [5.41, 5.74) is 0.812. The van der Waals surface area contributed by atoms with E-state index < -0.39 is 0 Å². The smallest absolute Gasteiger partial charge is 0.270 e. The molecule has 1 saturated carbocycles. The van der Waals surface area contributed by atoms with Crippen molar-refractivity contribution in [2.24, 2.45) is 0 Å². The van der Waals surface area contributed by atoms with Crippen molar-refractivity contribution in [1.82, 2.24) is 9.47 Å². The molecule has 1 amide bonds. The van der Waals surface area contributed by atoms with Crippen LogP contribution in [0.1, 0.15) is 50.0 Å². The molecular formula is C14H21BrN2O. The Balaban J connectivity index is 2.16. The summed E-state index contributed by atoms with van der Waals surface area (Å²) >= 11 is 3.45. The molecule has 100 valence electrons. The molecule has 0 aromatic carbocycles. The first-order valence-electron chi connectivity index (χ1n) is 6.84. The second kappa shape index (κ2) is 5.91. The van der Waals surface area contributed by atoms with Crippen molar-refractivity contribution < 1.29 is 4.79 Å².